The maximum Gasteiger partial charge on any atom is 0.307 e. The van der Waals surface area contributed by atoms with Crippen molar-refractivity contribution < 1.29 is 22.9 Å². The zero-order chi connectivity index (χ0) is 41.7. The molecule has 6 aromatic carbocycles. The molecule has 0 bridgehead atoms. The van der Waals surface area contributed by atoms with E-state index in [0.29, 0.717) is 33.6 Å². The molecule has 2 atom stereocenters. The summed E-state index contributed by atoms with van der Waals surface area (Å²) in [6.07, 6.45) is 0. The molecule has 0 saturated carbocycles. The fourth-order valence-electron chi connectivity index (χ4n) is 7.92. The normalized spacial score (nSPS) is 17.2. The zero-order valence-corrected chi connectivity index (χ0v) is 37.8. The summed E-state index contributed by atoms with van der Waals surface area (Å²) in [6.45, 7) is 28.8. The maximum absolute atomic E-state index is 15.1. The van der Waals surface area contributed by atoms with Crippen LogP contribution in [0.5, 0.6) is 23.0 Å². The van der Waals surface area contributed by atoms with Crippen LogP contribution >= 0.6 is 14.7 Å². The predicted molar refractivity (Wildman–Crippen MR) is 242 cm³/mol. The van der Waals surface area contributed by atoms with Crippen molar-refractivity contribution in [3.8, 4) is 45.3 Å². The van der Waals surface area contributed by atoms with Crippen molar-refractivity contribution in [1.29, 1.82) is 0 Å². The lowest BCUT2D eigenvalue weighted by Gasteiger charge is -2.33. The van der Waals surface area contributed by atoms with Crippen molar-refractivity contribution in [3.05, 3.63) is 141 Å². The van der Waals surface area contributed by atoms with Gasteiger partial charge in [0, 0.05) is 22.3 Å². The lowest BCUT2D eigenvalue weighted by atomic mass is 9.89. The molecule has 2 aliphatic heterocycles. The van der Waals surface area contributed by atoms with Crippen molar-refractivity contribution in [2.45, 2.75) is 96.9 Å². The second-order valence-corrected chi connectivity index (χ2v) is 19.4. The van der Waals surface area contributed by atoms with Crippen LogP contribution in [0.2, 0.25) is 0 Å². The van der Waals surface area contributed by atoms with Gasteiger partial charge in [0.15, 0.2) is 0 Å². The van der Waals surface area contributed by atoms with Crippen molar-refractivity contribution in [1.82, 2.24) is 0 Å². The standard InChI is InChI=1S/C46H44O5P2.2C2H6/c1-25-11-21-39-41(23-25)52(47,50-45-33(9)29(5)27(3)31(7)43(39)45)37-17-13-35(14-18-37)49-36-15-19-38(20-16-36)53(48)42-24-26(2)12-22-40(42)44-32(8)28(4)30(6)34(10)46(44)51-53;2*1-2/h11-24H,1-10H3;2*1-2H3. The van der Waals surface area contributed by atoms with E-state index in [9.17, 15) is 0 Å². The molecule has 2 heterocycles. The van der Waals surface area contributed by atoms with Crippen LogP contribution in [0.3, 0.4) is 0 Å². The first-order valence-electron chi connectivity index (χ1n) is 20.1. The number of hydrogen-bond donors (Lipinski definition) is 0. The summed E-state index contributed by atoms with van der Waals surface area (Å²) in [5.41, 5.74) is 15.1. The minimum absolute atomic E-state index is 0.584. The molecule has 57 heavy (non-hydrogen) atoms. The Labute approximate surface area is 340 Å². The minimum atomic E-state index is -3.50. The fourth-order valence-corrected chi connectivity index (χ4v) is 12.7. The van der Waals surface area contributed by atoms with E-state index in [0.717, 1.165) is 77.4 Å². The van der Waals surface area contributed by atoms with Crippen LogP contribution in [0.15, 0.2) is 84.9 Å². The van der Waals surface area contributed by atoms with Crippen molar-refractivity contribution in [3.63, 3.8) is 0 Å². The van der Waals surface area contributed by atoms with Crippen molar-refractivity contribution in [2.75, 3.05) is 0 Å². The average molecular weight is 799 g/mol. The number of rotatable bonds is 4. The summed E-state index contributed by atoms with van der Waals surface area (Å²) in [6, 6.07) is 27.0. The number of aryl methyl sites for hydroxylation is 2. The minimum Gasteiger partial charge on any atom is -0.457 e. The first kappa shape index (κ1) is 41.8. The summed E-state index contributed by atoms with van der Waals surface area (Å²) in [7, 11) is -6.99. The molecule has 7 heteroatoms. The van der Waals surface area contributed by atoms with Gasteiger partial charge in [-0.15, -0.1) is 0 Å². The van der Waals surface area contributed by atoms with Gasteiger partial charge in [-0.1, -0.05) is 63.1 Å². The molecule has 0 N–H and O–H groups in total. The van der Waals surface area contributed by atoms with Crippen LogP contribution < -0.4 is 35.0 Å². The van der Waals surface area contributed by atoms with E-state index in [-0.39, 0.29) is 0 Å². The fraction of sp³-hybridized carbons (Fsp3) is 0.280. The Morgan fingerprint density at radius 1 is 0.404 bits per heavy atom. The Morgan fingerprint density at radius 2 is 0.719 bits per heavy atom. The number of benzene rings is 6. The van der Waals surface area contributed by atoms with Gasteiger partial charge in [0.05, 0.1) is 21.2 Å². The Morgan fingerprint density at radius 3 is 1.05 bits per heavy atom. The molecule has 0 fully saturated rings. The molecule has 6 aromatic rings. The van der Waals surface area contributed by atoms with Crippen LogP contribution in [-0.2, 0) is 9.13 Å². The van der Waals surface area contributed by atoms with Gasteiger partial charge >= 0.3 is 14.7 Å². The highest BCUT2D eigenvalue weighted by Crippen LogP contribution is 2.58. The van der Waals surface area contributed by atoms with Crippen LogP contribution in [0.1, 0.15) is 83.3 Å². The SMILES string of the molecule is CC.CC.Cc1ccc2c(c1)P(=O)(c1ccc(Oc3ccc(P4(=O)Oc5c(C)c(C)c(C)c(C)c5-c5ccc(C)cc54)cc3)cc1)Oc1c(C)c(C)c(C)c(C)c1-2. The van der Waals surface area contributed by atoms with Gasteiger partial charge in [-0.2, -0.15) is 0 Å². The topological polar surface area (TPSA) is 61.8 Å². The third-order valence-corrected chi connectivity index (χ3v) is 16.6. The molecule has 0 aliphatic carbocycles. The highest BCUT2D eigenvalue weighted by atomic mass is 31.2. The third-order valence-electron chi connectivity index (χ3n) is 11.8. The van der Waals surface area contributed by atoms with E-state index >= 15 is 9.13 Å². The summed E-state index contributed by atoms with van der Waals surface area (Å²) >= 11 is 0. The van der Waals surface area contributed by atoms with E-state index in [4.69, 9.17) is 13.8 Å². The average Bonchev–Trinajstić information content (AvgIpc) is 3.22. The van der Waals surface area contributed by atoms with Gasteiger partial charge in [0.1, 0.15) is 23.0 Å². The first-order valence-corrected chi connectivity index (χ1v) is 23.3. The number of ether oxygens (including phenoxy) is 1. The van der Waals surface area contributed by atoms with E-state index in [1.807, 2.05) is 116 Å². The number of fused-ring (bicyclic) bond motifs is 6. The van der Waals surface area contributed by atoms with E-state index in [1.165, 1.54) is 11.1 Å². The molecule has 0 spiro atoms. The van der Waals surface area contributed by atoms with Crippen LogP contribution in [0.4, 0.5) is 0 Å². The summed E-state index contributed by atoms with van der Waals surface area (Å²) in [5.74, 6) is 2.56. The smallest absolute Gasteiger partial charge is 0.307 e. The lowest BCUT2D eigenvalue weighted by molar-refractivity contribution is 0.482. The first-order chi connectivity index (χ1) is 27.1. The van der Waals surface area contributed by atoms with Crippen molar-refractivity contribution in [2.24, 2.45) is 0 Å². The van der Waals surface area contributed by atoms with E-state index < -0.39 is 14.7 Å². The van der Waals surface area contributed by atoms with Gasteiger partial charge in [0.2, 0.25) is 0 Å². The molecule has 8 rings (SSSR count). The molecule has 5 nitrogen and oxygen atoms in total. The molecule has 2 aliphatic rings. The molecule has 0 radical (unpaired) electrons. The lowest BCUT2D eigenvalue weighted by Crippen LogP contribution is -2.26. The van der Waals surface area contributed by atoms with E-state index in [1.54, 1.807) is 0 Å². The van der Waals surface area contributed by atoms with Crippen molar-refractivity contribution >= 4 is 36.0 Å². The van der Waals surface area contributed by atoms with Gasteiger partial charge in [-0.3, -0.25) is 9.13 Å². The van der Waals surface area contributed by atoms with Gasteiger partial charge in [-0.05, 0) is 174 Å². The van der Waals surface area contributed by atoms with Crippen LogP contribution in [-0.4, -0.2) is 0 Å². The Kier molecular flexibility index (Phi) is 11.6. The molecular formula is C50H56O5P2. The van der Waals surface area contributed by atoms with Crippen LogP contribution in [0.25, 0.3) is 22.3 Å². The Balaban J connectivity index is 0.00000133. The van der Waals surface area contributed by atoms with Gasteiger partial charge < -0.3 is 13.8 Å². The molecular weight excluding hydrogens is 742 g/mol. The summed E-state index contributed by atoms with van der Waals surface area (Å²) in [4.78, 5) is 0. The highest BCUT2D eigenvalue weighted by molar-refractivity contribution is 7.75. The molecule has 0 saturated heterocycles. The zero-order valence-electron chi connectivity index (χ0n) is 36.0. The summed E-state index contributed by atoms with van der Waals surface area (Å²) < 4.78 is 49.7. The largest absolute Gasteiger partial charge is 0.457 e. The van der Waals surface area contributed by atoms with E-state index in [2.05, 4.69) is 65.8 Å². The van der Waals surface area contributed by atoms with Gasteiger partial charge in [0.25, 0.3) is 0 Å². The quantitative estimate of drug-likeness (QED) is 0.166. The monoisotopic (exact) mass is 798 g/mol. The molecule has 0 amide bonds. The highest BCUT2D eigenvalue weighted by Gasteiger charge is 2.41. The molecule has 296 valence electrons. The molecule has 0 aromatic heterocycles. The Bertz CT molecular complexity index is 2450. The van der Waals surface area contributed by atoms with Crippen LogP contribution in [0, 0.1) is 69.2 Å². The summed E-state index contributed by atoms with van der Waals surface area (Å²) in [5, 5.41) is 2.64. The second-order valence-electron chi connectivity index (χ2n) is 14.8. The predicted octanol–water partition coefficient (Wildman–Crippen LogP) is 13.2. The maximum atomic E-state index is 15.1. The third kappa shape index (κ3) is 6.77. The Hall–Kier alpha value is -4.82. The second kappa shape index (κ2) is 15.8. The number of hydrogen-bond acceptors (Lipinski definition) is 5. The molecule has 2 unspecified atom stereocenters. The van der Waals surface area contributed by atoms with Gasteiger partial charge in [-0.25, -0.2) is 0 Å².